The van der Waals surface area contributed by atoms with Crippen molar-refractivity contribution in [1.29, 1.82) is 0 Å². The summed E-state index contributed by atoms with van der Waals surface area (Å²) in [7, 11) is 0. The third-order valence-electron chi connectivity index (χ3n) is 2.01. The van der Waals surface area contributed by atoms with E-state index in [1.807, 2.05) is 18.2 Å². The van der Waals surface area contributed by atoms with Crippen molar-refractivity contribution in [2.45, 2.75) is 6.42 Å². The molecule has 0 amide bonds. The molecule has 0 aliphatic carbocycles. The Labute approximate surface area is 108 Å². The minimum absolute atomic E-state index is 0.974. The zero-order chi connectivity index (χ0) is 10.9. The SMILES string of the molecule is [Zn+][Br].[c-]1ccccc1Cc1ccccc1. The van der Waals surface area contributed by atoms with E-state index >= 15 is 0 Å². The van der Waals surface area contributed by atoms with Crippen LogP contribution < -0.4 is 0 Å². The van der Waals surface area contributed by atoms with Gasteiger partial charge in [0.15, 0.2) is 0 Å². The molecule has 0 bridgehead atoms. The summed E-state index contributed by atoms with van der Waals surface area (Å²) in [6.07, 6.45) is 0.974. The summed E-state index contributed by atoms with van der Waals surface area (Å²) in [4.78, 5) is 0. The molecule has 0 aliphatic heterocycles. The van der Waals surface area contributed by atoms with E-state index in [1.54, 1.807) is 0 Å². The first-order chi connectivity index (χ1) is 7.45. The summed E-state index contributed by atoms with van der Waals surface area (Å²) in [5.41, 5.74) is 2.58. The van der Waals surface area contributed by atoms with Gasteiger partial charge in [0.25, 0.3) is 0 Å². The van der Waals surface area contributed by atoms with Gasteiger partial charge in [-0.05, 0) is 12.0 Å². The molecule has 72 valence electrons. The number of halogens is 1. The molecule has 0 saturated carbocycles. The van der Waals surface area contributed by atoms with Gasteiger partial charge >= 0.3 is 30.0 Å². The Morgan fingerprint density at radius 1 is 0.933 bits per heavy atom. The van der Waals surface area contributed by atoms with Crippen LogP contribution in [0.25, 0.3) is 0 Å². The second-order valence-electron chi connectivity index (χ2n) is 3.05. The summed E-state index contributed by atoms with van der Waals surface area (Å²) >= 11 is 4.25. The van der Waals surface area contributed by atoms with Crippen molar-refractivity contribution in [1.82, 2.24) is 0 Å². The summed E-state index contributed by atoms with van der Waals surface area (Å²) in [5.74, 6) is 0. The molecule has 2 aromatic rings. The maximum Gasteiger partial charge on any atom is -0.0254 e. The van der Waals surface area contributed by atoms with Gasteiger partial charge in [-0.3, -0.25) is 0 Å². The number of hydrogen-bond acceptors (Lipinski definition) is 0. The second kappa shape index (κ2) is 7.79. The molecule has 0 fully saturated rings. The quantitative estimate of drug-likeness (QED) is 0.582. The predicted octanol–water partition coefficient (Wildman–Crippen LogP) is 3.92. The van der Waals surface area contributed by atoms with Gasteiger partial charge in [0, 0.05) is 0 Å². The standard InChI is InChI=1S/C13H11.BrH.Zn/c1-3-7-12(8-4-1)11-13-9-5-2-6-10-13;;/h1-9H,11H2;1H;/q-1;;+2/p-1. The van der Waals surface area contributed by atoms with Crippen LogP contribution in [0.5, 0.6) is 0 Å². The van der Waals surface area contributed by atoms with E-state index in [0.29, 0.717) is 0 Å². The molecule has 0 N–H and O–H groups in total. The molecular formula is C13H11BrZn. The fourth-order valence-electron chi connectivity index (χ4n) is 1.36. The molecule has 0 spiro atoms. The molecule has 0 heterocycles. The fraction of sp³-hybridized carbons (Fsp3) is 0.0769. The Hall–Kier alpha value is -0.457. The van der Waals surface area contributed by atoms with E-state index in [0.717, 1.165) is 6.42 Å². The van der Waals surface area contributed by atoms with Crippen molar-refractivity contribution in [2.75, 3.05) is 0 Å². The molecule has 2 rings (SSSR count). The van der Waals surface area contributed by atoms with E-state index in [1.165, 1.54) is 27.5 Å². The van der Waals surface area contributed by atoms with E-state index < -0.39 is 0 Å². The molecule has 2 aromatic carbocycles. The number of rotatable bonds is 2. The van der Waals surface area contributed by atoms with E-state index in [9.17, 15) is 0 Å². The fourth-order valence-corrected chi connectivity index (χ4v) is 1.36. The Kier molecular flexibility index (Phi) is 6.55. The van der Waals surface area contributed by atoms with Gasteiger partial charge in [-0.2, -0.15) is 35.9 Å². The monoisotopic (exact) mass is 310 g/mol. The number of hydrogen-bond donors (Lipinski definition) is 0. The molecule has 2 heteroatoms. The minimum atomic E-state index is 0.974. The van der Waals surface area contributed by atoms with Crippen LogP contribution in [0, 0.1) is 6.07 Å². The van der Waals surface area contributed by atoms with Crippen LogP contribution in [-0.4, -0.2) is 0 Å². The summed E-state index contributed by atoms with van der Waals surface area (Å²) < 4.78 is 0. The maximum absolute atomic E-state index is 3.22. The van der Waals surface area contributed by atoms with E-state index in [4.69, 9.17) is 0 Å². The predicted molar refractivity (Wildman–Crippen MR) is 63.5 cm³/mol. The third-order valence-corrected chi connectivity index (χ3v) is 2.01. The van der Waals surface area contributed by atoms with Gasteiger partial charge in [-0.15, -0.1) is 0 Å². The molecule has 15 heavy (non-hydrogen) atoms. The first-order valence-corrected chi connectivity index (χ1v) is 11.7. The average molecular weight is 313 g/mol. The Morgan fingerprint density at radius 3 is 2.20 bits per heavy atom. The Bertz CT molecular complexity index is 321. The third kappa shape index (κ3) is 4.72. The molecule has 0 nitrogen and oxygen atoms in total. The first kappa shape index (κ1) is 12.6. The van der Waals surface area contributed by atoms with Crippen molar-refractivity contribution in [2.24, 2.45) is 0 Å². The minimum Gasteiger partial charge on any atom is -0.180 e. The van der Waals surface area contributed by atoms with Crippen LogP contribution in [-0.2, 0) is 22.8 Å². The van der Waals surface area contributed by atoms with Crippen LogP contribution >= 0.6 is 13.6 Å². The van der Waals surface area contributed by atoms with Crippen molar-refractivity contribution in [3.8, 4) is 0 Å². The van der Waals surface area contributed by atoms with Crippen LogP contribution in [0.3, 0.4) is 0 Å². The zero-order valence-corrected chi connectivity index (χ0v) is 13.0. The van der Waals surface area contributed by atoms with Crippen LogP contribution in [0.2, 0.25) is 0 Å². The Morgan fingerprint density at radius 2 is 1.60 bits per heavy atom. The topological polar surface area (TPSA) is 0 Å². The van der Waals surface area contributed by atoms with Crippen LogP contribution in [0.1, 0.15) is 11.1 Å². The smallest absolute Gasteiger partial charge is 0.0254 e. The summed E-state index contributed by atoms with van der Waals surface area (Å²) in [6, 6.07) is 21.8. The first-order valence-electron chi connectivity index (χ1n) is 4.71. The van der Waals surface area contributed by atoms with E-state index in [-0.39, 0.29) is 0 Å². The molecule has 0 atom stereocenters. The van der Waals surface area contributed by atoms with Gasteiger partial charge in [0.1, 0.15) is 0 Å². The molecule has 0 aliphatic rings. The largest absolute Gasteiger partial charge is 0.180 e. The molecule has 0 radical (unpaired) electrons. The molecule has 0 aromatic heterocycles. The summed E-state index contributed by atoms with van der Waals surface area (Å²) in [5, 5.41) is 0. The van der Waals surface area contributed by atoms with Gasteiger partial charge in [-0.25, -0.2) is 0 Å². The zero-order valence-electron chi connectivity index (χ0n) is 8.49. The Balaban J connectivity index is 0.000000531. The van der Waals surface area contributed by atoms with Gasteiger partial charge < -0.3 is 0 Å². The maximum atomic E-state index is 3.22. The van der Waals surface area contributed by atoms with E-state index in [2.05, 4.69) is 56.1 Å². The van der Waals surface area contributed by atoms with Crippen molar-refractivity contribution >= 4 is 13.6 Å². The van der Waals surface area contributed by atoms with Gasteiger partial charge in [-0.1, -0.05) is 30.3 Å². The van der Waals surface area contributed by atoms with Crippen LogP contribution in [0.4, 0.5) is 0 Å². The normalized spacial score (nSPS) is 9.00. The average Bonchev–Trinajstić information content (AvgIpc) is 2.34. The van der Waals surface area contributed by atoms with Crippen molar-refractivity contribution < 1.29 is 16.3 Å². The van der Waals surface area contributed by atoms with Gasteiger partial charge in [0.2, 0.25) is 0 Å². The second-order valence-corrected chi connectivity index (χ2v) is 3.05. The molecule has 0 saturated heterocycles. The van der Waals surface area contributed by atoms with Gasteiger partial charge in [0.05, 0.1) is 0 Å². The van der Waals surface area contributed by atoms with Crippen LogP contribution in [0.15, 0.2) is 54.6 Å². The summed E-state index contributed by atoms with van der Waals surface area (Å²) in [6.45, 7) is 0. The van der Waals surface area contributed by atoms with Crippen molar-refractivity contribution in [3.63, 3.8) is 0 Å². The number of benzene rings is 2. The molecule has 0 unspecified atom stereocenters. The van der Waals surface area contributed by atoms with Crippen molar-refractivity contribution in [3.05, 3.63) is 71.8 Å². The molecular weight excluding hydrogens is 301 g/mol.